The normalized spacial score (nSPS) is 10.4. The standard InChI is InChI=1S/C19H17N/c20-14-15-10-12-17(13-11-15)19-9-5-4-8-18(19)16-6-2-1-3-7-16/h1-13H,14,20H2. The van der Waals surface area contributed by atoms with Crippen molar-refractivity contribution in [3.05, 3.63) is 84.4 Å². The molecule has 0 spiro atoms. The van der Waals surface area contributed by atoms with Gasteiger partial charge in [0.05, 0.1) is 0 Å². The molecular formula is C19H17N. The first-order valence-corrected chi connectivity index (χ1v) is 6.82. The van der Waals surface area contributed by atoms with Crippen molar-refractivity contribution in [3.63, 3.8) is 0 Å². The van der Waals surface area contributed by atoms with Crippen molar-refractivity contribution < 1.29 is 0 Å². The summed E-state index contributed by atoms with van der Waals surface area (Å²) in [6.07, 6.45) is 0. The van der Waals surface area contributed by atoms with E-state index in [1.165, 1.54) is 22.3 Å². The molecule has 0 radical (unpaired) electrons. The van der Waals surface area contributed by atoms with Gasteiger partial charge in [0.1, 0.15) is 0 Å². The lowest BCUT2D eigenvalue weighted by atomic mass is 9.94. The fraction of sp³-hybridized carbons (Fsp3) is 0.0526. The summed E-state index contributed by atoms with van der Waals surface area (Å²) in [5, 5.41) is 0. The molecule has 0 aliphatic rings. The predicted molar refractivity (Wildman–Crippen MR) is 85.2 cm³/mol. The van der Waals surface area contributed by atoms with E-state index in [9.17, 15) is 0 Å². The highest BCUT2D eigenvalue weighted by atomic mass is 14.5. The largest absolute Gasteiger partial charge is 0.326 e. The minimum atomic E-state index is 0.584. The van der Waals surface area contributed by atoms with Crippen LogP contribution in [0.25, 0.3) is 22.3 Å². The van der Waals surface area contributed by atoms with Gasteiger partial charge in [-0.3, -0.25) is 0 Å². The third kappa shape index (κ3) is 2.49. The van der Waals surface area contributed by atoms with Gasteiger partial charge in [0.25, 0.3) is 0 Å². The average Bonchev–Trinajstić information content (AvgIpc) is 2.56. The maximum Gasteiger partial charge on any atom is 0.0178 e. The van der Waals surface area contributed by atoms with Gasteiger partial charge < -0.3 is 5.73 Å². The van der Waals surface area contributed by atoms with Crippen LogP contribution >= 0.6 is 0 Å². The van der Waals surface area contributed by atoms with Crippen molar-refractivity contribution in [1.82, 2.24) is 0 Å². The molecule has 98 valence electrons. The van der Waals surface area contributed by atoms with Crippen LogP contribution in [0.3, 0.4) is 0 Å². The van der Waals surface area contributed by atoms with Crippen molar-refractivity contribution in [2.24, 2.45) is 5.73 Å². The van der Waals surface area contributed by atoms with Gasteiger partial charge >= 0.3 is 0 Å². The Morgan fingerprint density at radius 2 is 1.05 bits per heavy atom. The summed E-state index contributed by atoms with van der Waals surface area (Å²) in [5.41, 5.74) is 11.8. The van der Waals surface area contributed by atoms with Gasteiger partial charge in [-0.2, -0.15) is 0 Å². The summed E-state index contributed by atoms with van der Waals surface area (Å²) in [6, 6.07) is 27.5. The SMILES string of the molecule is NCc1ccc(-c2ccccc2-c2ccccc2)cc1. The topological polar surface area (TPSA) is 26.0 Å². The molecule has 0 amide bonds. The molecule has 1 heteroatoms. The lowest BCUT2D eigenvalue weighted by Crippen LogP contribution is -1.95. The minimum absolute atomic E-state index is 0.584. The second-order valence-corrected chi connectivity index (χ2v) is 4.81. The van der Waals surface area contributed by atoms with E-state index < -0.39 is 0 Å². The highest BCUT2D eigenvalue weighted by Crippen LogP contribution is 2.31. The Hall–Kier alpha value is -2.38. The monoisotopic (exact) mass is 259 g/mol. The maximum absolute atomic E-state index is 5.66. The van der Waals surface area contributed by atoms with Crippen LogP contribution in [-0.2, 0) is 6.54 Å². The van der Waals surface area contributed by atoms with Crippen LogP contribution in [-0.4, -0.2) is 0 Å². The molecule has 0 saturated heterocycles. The summed E-state index contributed by atoms with van der Waals surface area (Å²) >= 11 is 0. The smallest absolute Gasteiger partial charge is 0.0178 e. The van der Waals surface area contributed by atoms with Crippen molar-refractivity contribution in [1.29, 1.82) is 0 Å². The molecule has 3 aromatic rings. The Morgan fingerprint density at radius 3 is 1.60 bits per heavy atom. The van der Waals surface area contributed by atoms with Gasteiger partial charge in [-0.15, -0.1) is 0 Å². The molecule has 0 fully saturated rings. The van der Waals surface area contributed by atoms with E-state index >= 15 is 0 Å². The zero-order chi connectivity index (χ0) is 13.8. The van der Waals surface area contributed by atoms with Crippen molar-refractivity contribution in [2.45, 2.75) is 6.54 Å². The minimum Gasteiger partial charge on any atom is -0.326 e. The van der Waals surface area contributed by atoms with E-state index in [0.29, 0.717) is 6.54 Å². The Balaban J connectivity index is 2.10. The second-order valence-electron chi connectivity index (χ2n) is 4.81. The zero-order valence-corrected chi connectivity index (χ0v) is 11.3. The molecule has 0 atom stereocenters. The van der Waals surface area contributed by atoms with Gasteiger partial charge in [-0.25, -0.2) is 0 Å². The molecule has 0 unspecified atom stereocenters. The van der Waals surface area contributed by atoms with Crippen LogP contribution in [0.1, 0.15) is 5.56 Å². The van der Waals surface area contributed by atoms with Gasteiger partial charge in [-0.05, 0) is 27.8 Å². The highest BCUT2D eigenvalue weighted by molar-refractivity contribution is 5.83. The first-order chi connectivity index (χ1) is 9.88. The Kier molecular flexibility index (Phi) is 3.62. The maximum atomic E-state index is 5.66. The van der Waals surface area contributed by atoms with E-state index in [0.717, 1.165) is 5.56 Å². The molecule has 0 saturated carbocycles. The molecule has 0 aromatic heterocycles. The molecule has 3 rings (SSSR count). The Labute approximate surface area is 119 Å². The highest BCUT2D eigenvalue weighted by Gasteiger charge is 2.06. The van der Waals surface area contributed by atoms with Crippen LogP contribution < -0.4 is 5.73 Å². The number of benzene rings is 3. The van der Waals surface area contributed by atoms with Crippen molar-refractivity contribution in [3.8, 4) is 22.3 Å². The summed E-state index contributed by atoms with van der Waals surface area (Å²) in [6.45, 7) is 0.584. The first-order valence-electron chi connectivity index (χ1n) is 6.82. The number of rotatable bonds is 3. The van der Waals surface area contributed by atoms with E-state index in [1.54, 1.807) is 0 Å². The predicted octanol–water partition coefficient (Wildman–Crippen LogP) is 4.48. The molecule has 0 bridgehead atoms. The zero-order valence-electron chi connectivity index (χ0n) is 11.3. The van der Waals surface area contributed by atoms with Gasteiger partial charge in [-0.1, -0.05) is 78.9 Å². The second kappa shape index (κ2) is 5.72. The molecule has 0 heterocycles. The lowest BCUT2D eigenvalue weighted by molar-refractivity contribution is 1.07. The summed E-state index contributed by atoms with van der Waals surface area (Å²) in [5.74, 6) is 0. The number of hydrogen-bond acceptors (Lipinski definition) is 1. The Bertz CT molecular complexity index is 684. The molecule has 1 nitrogen and oxygen atoms in total. The van der Waals surface area contributed by atoms with E-state index in [2.05, 4.69) is 72.8 Å². The van der Waals surface area contributed by atoms with Crippen LogP contribution in [0.4, 0.5) is 0 Å². The van der Waals surface area contributed by atoms with Crippen LogP contribution in [0, 0.1) is 0 Å². The Morgan fingerprint density at radius 1 is 0.550 bits per heavy atom. The van der Waals surface area contributed by atoms with Crippen LogP contribution in [0.2, 0.25) is 0 Å². The molecule has 0 aliphatic carbocycles. The third-order valence-corrected chi connectivity index (χ3v) is 3.51. The molecule has 3 aromatic carbocycles. The fourth-order valence-corrected chi connectivity index (χ4v) is 2.42. The van der Waals surface area contributed by atoms with Crippen LogP contribution in [0.15, 0.2) is 78.9 Å². The first kappa shape index (κ1) is 12.6. The van der Waals surface area contributed by atoms with Gasteiger partial charge in [0, 0.05) is 6.54 Å². The van der Waals surface area contributed by atoms with E-state index in [4.69, 9.17) is 5.73 Å². The van der Waals surface area contributed by atoms with Gasteiger partial charge in [0.2, 0.25) is 0 Å². The fourth-order valence-electron chi connectivity index (χ4n) is 2.42. The molecular weight excluding hydrogens is 242 g/mol. The summed E-state index contributed by atoms with van der Waals surface area (Å²) in [4.78, 5) is 0. The van der Waals surface area contributed by atoms with Crippen molar-refractivity contribution >= 4 is 0 Å². The molecule has 20 heavy (non-hydrogen) atoms. The van der Waals surface area contributed by atoms with Crippen molar-refractivity contribution in [2.75, 3.05) is 0 Å². The lowest BCUT2D eigenvalue weighted by Gasteiger charge is -2.10. The van der Waals surface area contributed by atoms with Crippen LogP contribution in [0.5, 0.6) is 0 Å². The number of nitrogens with two attached hydrogens (primary N) is 1. The third-order valence-electron chi connectivity index (χ3n) is 3.51. The quantitative estimate of drug-likeness (QED) is 0.737. The summed E-state index contributed by atoms with van der Waals surface area (Å²) < 4.78 is 0. The van der Waals surface area contributed by atoms with E-state index in [-0.39, 0.29) is 0 Å². The number of hydrogen-bond donors (Lipinski definition) is 1. The molecule has 0 aliphatic heterocycles. The average molecular weight is 259 g/mol. The van der Waals surface area contributed by atoms with E-state index in [1.807, 2.05) is 6.07 Å². The molecule has 2 N–H and O–H groups in total. The van der Waals surface area contributed by atoms with Gasteiger partial charge in [0.15, 0.2) is 0 Å². The summed E-state index contributed by atoms with van der Waals surface area (Å²) in [7, 11) is 0.